The predicted molar refractivity (Wildman–Crippen MR) is 71.5 cm³/mol. The van der Waals surface area contributed by atoms with Crippen LogP contribution in [0.3, 0.4) is 0 Å². The van der Waals surface area contributed by atoms with Crippen molar-refractivity contribution in [3.05, 3.63) is 34.9 Å². The summed E-state index contributed by atoms with van der Waals surface area (Å²) in [6, 6.07) is 7.61. The Balaban J connectivity index is 1.78. The van der Waals surface area contributed by atoms with Gasteiger partial charge in [-0.1, -0.05) is 30.2 Å². The highest BCUT2D eigenvalue weighted by Crippen LogP contribution is 2.40. The van der Waals surface area contributed by atoms with E-state index < -0.39 is 5.41 Å². The Hall–Kier alpha value is -1.06. The first kappa shape index (κ1) is 13.4. The largest absolute Gasteiger partial charge is 0.395 e. The molecule has 0 aromatic heterocycles. The summed E-state index contributed by atoms with van der Waals surface area (Å²) in [5.41, 5.74) is 0.645. The van der Waals surface area contributed by atoms with Crippen LogP contribution in [0, 0.1) is 5.41 Å². The second kappa shape index (κ2) is 5.72. The molecule has 1 aliphatic carbocycles. The molecule has 0 aliphatic heterocycles. The molecule has 3 nitrogen and oxygen atoms in total. The zero-order valence-electron chi connectivity index (χ0n) is 10.3. The third-order valence-electron chi connectivity index (χ3n) is 3.71. The molecule has 0 unspecified atom stereocenters. The minimum atomic E-state index is -0.500. The highest BCUT2D eigenvalue weighted by atomic mass is 35.5. The second-order valence-corrected chi connectivity index (χ2v) is 5.36. The Labute approximate surface area is 112 Å². The molecule has 18 heavy (non-hydrogen) atoms. The molecule has 0 spiro atoms. The average Bonchev–Trinajstić information content (AvgIpc) is 2.31. The van der Waals surface area contributed by atoms with E-state index in [0.29, 0.717) is 6.54 Å². The van der Waals surface area contributed by atoms with Crippen molar-refractivity contribution in [2.24, 2.45) is 5.41 Å². The molecule has 2 rings (SSSR count). The monoisotopic (exact) mass is 267 g/mol. The van der Waals surface area contributed by atoms with Gasteiger partial charge in [-0.25, -0.2) is 0 Å². The molecule has 4 heteroatoms. The Morgan fingerprint density at radius 2 is 2.00 bits per heavy atom. The molecule has 0 heterocycles. The van der Waals surface area contributed by atoms with Crippen LogP contribution in [0.1, 0.15) is 24.8 Å². The Bertz CT molecular complexity index is 407. The highest BCUT2D eigenvalue weighted by molar-refractivity contribution is 6.30. The molecule has 0 atom stereocenters. The normalized spacial score (nSPS) is 17.0. The van der Waals surface area contributed by atoms with E-state index in [4.69, 9.17) is 11.6 Å². The van der Waals surface area contributed by atoms with Crippen LogP contribution in [-0.4, -0.2) is 24.2 Å². The molecular weight excluding hydrogens is 250 g/mol. The van der Waals surface area contributed by atoms with Crippen LogP contribution in [0.25, 0.3) is 0 Å². The lowest BCUT2D eigenvalue weighted by atomic mass is 9.68. The van der Waals surface area contributed by atoms with Crippen LogP contribution >= 0.6 is 11.6 Å². The van der Waals surface area contributed by atoms with Gasteiger partial charge >= 0.3 is 0 Å². The van der Waals surface area contributed by atoms with Gasteiger partial charge in [0.15, 0.2) is 0 Å². The summed E-state index contributed by atoms with van der Waals surface area (Å²) >= 11 is 5.80. The number of amides is 1. The third kappa shape index (κ3) is 2.85. The summed E-state index contributed by atoms with van der Waals surface area (Å²) in [7, 11) is 0. The lowest BCUT2D eigenvalue weighted by Gasteiger charge is -2.38. The molecular formula is C14H18ClNO2. The van der Waals surface area contributed by atoms with Crippen molar-refractivity contribution in [3.63, 3.8) is 0 Å². The first-order valence-electron chi connectivity index (χ1n) is 6.30. The molecule has 1 fully saturated rings. The van der Waals surface area contributed by atoms with Crippen molar-refractivity contribution in [3.8, 4) is 0 Å². The van der Waals surface area contributed by atoms with Crippen molar-refractivity contribution >= 4 is 17.5 Å². The van der Waals surface area contributed by atoms with E-state index in [0.717, 1.165) is 36.3 Å². The van der Waals surface area contributed by atoms with E-state index in [9.17, 15) is 9.90 Å². The van der Waals surface area contributed by atoms with Crippen molar-refractivity contribution in [2.45, 2.75) is 25.7 Å². The van der Waals surface area contributed by atoms with Gasteiger partial charge in [-0.2, -0.15) is 0 Å². The number of nitrogens with one attached hydrogen (secondary N) is 1. The summed E-state index contributed by atoms with van der Waals surface area (Å²) in [4.78, 5) is 11.9. The molecule has 1 aromatic carbocycles. The van der Waals surface area contributed by atoms with E-state index in [2.05, 4.69) is 5.32 Å². The fourth-order valence-electron chi connectivity index (χ4n) is 2.22. The van der Waals surface area contributed by atoms with Gasteiger partial charge in [-0.3, -0.25) is 4.79 Å². The minimum absolute atomic E-state index is 0.00906. The number of carbonyl (C=O) groups excluding carboxylic acids is 1. The Morgan fingerprint density at radius 1 is 1.33 bits per heavy atom. The number of hydrogen-bond donors (Lipinski definition) is 2. The van der Waals surface area contributed by atoms with Crippen molar-refractivity contribution < 1.29 is 9.90 Å². The van der Waals surface area contributed by atoms with Crippen LogP contribution in [0.15, 0.2) is 24.3 Å². The van der Waals surface area contributed by atoms with Gasteiger partial charge in [-0.15, -0.1) is 0 Å². The van der Waals surface area contributed by atoms with Gasteiger partial charge in [0.2, 0.25) is 5.91 Å². The van der Waals surface area contributed by atoms with E-state index in [1.165, 1.54) is 0 Å². The number of aliphatic hydroxyl groups is 1. The van der Waals surface area contributed by atoms with Crippen LogP contribution in [0.2, 0.25) is 5.02 Å². The average molecular weight is 268 g/mol. The molecule has 98 valence electrons. The van der Waals surface area contributed by atoms with Gasteiger partial charge < -0.3 is 10.4 Å². The smallest absolute Gasteiger partial charge is 0.228 e. The lowest BCUT2D eigenvalue weighted by Crippen LogP contribution is -2.48. The molecule has 0 bridgehead atoms. The summed E-state index contributed by atoms with van der Waals surface area (Å²) in [5, 5.41) is 12.9. The summed E-state index contributed by atoms with van der Waals surface area (Å²) < 4.78 is 0. The van der Waals surface area contributed by atoms with E-state index in [-0.39, 0.29) is 12.5 Å². The molecule has 0 saturated heterocycles. The number of rotatable bonds is 5. The Kier molecular flexibility index (Phi) is 4.25. The fraction of sp³-hybridized carbons (Fsp3) is 0.500. The number of hydrogen-bond acceptors (Lipinski definition) is 2. The molecule has 1 aromatic rings. The SMILES string of the molecule is O=C(NCCc1ccc(Cl)cc1)C1(CO)CCC1. The van der Waals surface area contributed by atoms with Crippen molar-refractivity contribution in [2.75, 3.05) is 13.2 Å². The lowest BCUT2D eigenvalue weighted by molar-refractivity contribution is -0.139. The fourth-order valence-corrected chi connectivity index (χ4v) is 2.35. The van der Waals surface area contributed by atoms with Crippen LogP contribution in [0.4, 0.5) is 0 Å². The van der Waals surface area contributed by atoms with Crippen LogP contribution in [-0.2, 0) is 11.2 Å². The first-order chi connectivity index (χ1) is 8.66. The van der Waals surface area contributed by atoms with Crippen molar-refractivity contribution in [1.82, 2.24) is 5.32 Å². The molecule has 1 saturated carbocycles. The molecule has 2 N–H and O–H groups in total. The summed E-state index contributed by atoms with van der Waals surface area (Å²) in [5.74, 6) is -0.00906. The molecule has 0 radical (unpaired) electrons. The Morgan fingerprint density at radius 3 is 2.50 bits per heavy atom. The van der Waals surface area contributed by atoms with Crippen LogP contribution in [0.5, 0.6) is 0 Å². The minimum Gasteiger partial charge on any atom is -0.395 e. The number of carbonyl (C=O) groups is 1. The van der Waals surface area contributed by atoms with Crippen molar-refractivity contribution in [1.29, 1.82) is 0 Å². The zero-order chi connectivity index (χ0) is 13.0. The highest BCUT2D eigenvalue weighted by Gasteiger charge is 2.43. The molecule has 1 amide bonds. The number of benzene rings is 1. The maximum absolute atomic E-state index is 11.9. The summed E-state index contributed by atoms with van der Waals surface area (Å²) in [6.07, 6.45) is 3.42. The predicted octanol–water partition coefficient (Wildman–Crippen LogP) is 2.16. The maximum Gasteiger partial charge on any atom is 0.228 e. The zero-order valence-corrected chi connectivity index (χ0v) is 11.0. The van der Waals surface area contributed by atoms with Gasteiger partial charge in [0.05, 0.1) is 12.0 Å². The topological polar surface area (TPSA) is 49.3 Å². The second-order valence-electron chi connectivity index (χ2n) is 4.92. The standard InChI is InChI=1S/C14H18ClNO2/c15-12-4-2-11(3-5-12)6-9-16-13(18)14(10-17)7-1-8-14/h2-5,17H,1,6-10H2,(H,16,18). The third-order valence-corrected chi connectivity index (χ3v) is 3.96. The van der Waals surface area contributed by atoms with Gasteiger partial charge in [0.1, 0.15) is 0 Å². The van der Waals surface area contributed by atoms with Crippen LogP contribution < -0.4 is 5.32 Å². The molecule has 1 aliphatic rings. The van der Waals surface area contributed by atoms with E-state index in [1.54, 1.807) is 0 Å². The first-order valence-corrected chi connectivity index (χ1v) is 6.68. The quantitative estimate of drug-likeness (QED) is 0.859. The summed E-state index contributed by atoms with van der Waals surface area (Å²) in [6.45, 7) is 0.558. The van der Waals surface area contributed by atoms with Gasteiger partial charge in [-0.05, 0) is 37.0 Å². The van der Waals surface area contributed by atoms with Gasteiger partial charge in [0.25, 0.3) is 0 Å². The number of halogens is 1. The van der Waals surface area contributed by atoms with E-state index >= 15 is 0 Å². The maximum atomic E-state index is 11.9. The van der Waals surface area contributed by atoms with Gasteiger partial charge in [0, 0.05) is 11.6 Å². The van der Waals surface area contributed by atoms with E-state index in [1.807, 2.05) is 24.3 Å². The number of aliphatic hydroxyl groups excluding tert-OH is 1.